The maximum atomic E-state index is 9.89. The summed E-state index contributed by atoms with van der Waals surface area (Å²) in [5.41, 5.74) is 0. The van der Waals surface area contributed by atoms with E-state index in [1.54, 1.807) is 13.0 Å². The van der Waals surface area contributed by atoms with E-state index in [0.29, 0.717) is 0 Å². The third-order valence-corrected chi connectivity index (χ3v) is 1.16. The first-order chi connectivity index (χ1) is 9.56. The summed E-state index contributed by atoms with van der Waals surface area (Å²) >= 11 is 0. The Morgan fingerprint density at radius 1 is 0.792 bits per heavy atom. The summed E-state index contributed by atoms with van der Waals surface area (Å²) in [6.45, 7) is 1.69. The van der Waals surface area contributed by atoms with Gasteiger partial charge in [-0.25, -0.2) is 0 Å². The van der Waals surface area contributed by atoms with Crippen LogP contribution in [0.4, 0.5) is 51.8 Å². The molecule has 0 atom stereocenters. The summed E-state index contributed by atoms with van der Waals surface area (Å²) in [7, 11) is -21.8. The SMILES string of the molecule is CC=CCS(=O)(=O)O.F[B-](F)(F)F.F[B-](F)(F)F.F[B-](F)(F)F.[H-].[Li+]. The van der Waals surface area contributed by atoms with Crippen molar-refractivity contribution < 1.29 is 85.0 Å². The second-order valence-corrected chi connectivity index (χ2v) is 4.30. The van der Waals surface area contributed by atoms with Crippen LogP contribution < -0.4 is 18.9 Å². The van der Waals surface area contributed by atoms with Gasteiger partial charge in [0.15, 0.2) is 0 Å². The van der Waals surface area contributed by atoms with Crippen molar-refractivity contribution in [2.45, 2.75) is 6.92 Å². The third-order valence-electron chi connectivity index (χ3n) is 0.543. The number of halogens is 12. The predicted molar refractivity (Wildman–Crippen MR) is 62.9 cm³/mol. The summed E-state index contributed by atoms with van der Waals surface area (Å²) in [6, 6.07) is 0. The Morgan fingerprint density at radius 3 is 1.00 bits per heavy atom. The Bertz CT molecular complexity index is 363. The van der Waals surface area contributed by atoms with Crippen LogP contribution in [0.2, 0.25) is 0 Å². The first-order valence-corrected chi connectivity index (χ1v) is 6.35. The van der Waals surface area contributed by atoms with E-state index in [4.69, 9.17) is 4.55 Å². The molecule has 0 bridgehead atoms. The van der Waals surface area contributed by atoms with E-state index >= 15 is 0 Å². The van der Waals surface area contributed by atoms with Gasteiger partial charge in [0, 0.05) is 0 Å². The summed E-state index contributed by atoms with van der Waals surface area (Å²) in [6.07, 6.45) is 2.93. The van der Waals surface area contributed by atoms with E-state index < -0.39 is 31.9 Å². The Balaban J connectivity index is -0.0000000481. The number of allylic oxidation sites excluding steroid dienone is 1. The normalized spacial score (nSPS) is 11.8. The molecule has 0 aromatic rings. The van der Waals surface area contributed by atoms with E-state index in [2.05, 4.69) is 0 Å². The number of hydrogen-bond donors (Lipinski definition) is 1. The van der Waals surface area contributed by atoms with Gasteiger partial charge in [-0.05, 0) is 6.92 Å². The predicted octanol–water partition coefficient (Wildman–Crippen LogP) is 1.47. The van der Waals surface area contributed by atoms with E-state index in [9.17, 15) is 60.2 Å². The van der Waals surface area contributed by atoms with Crippen LogP contribution in [0.25, 0.3) is 0 Å². The minimum absolute atomic E-state index is 0. The van der Waals surface area contributed by atoms with Gasteiger partial charge in [0.25, 0.3) is 10.1 Å². The molecule has 0 spiro atoms. The molecule has 0 aromatic carbocycles. The van der Waals surface area contributed by atoms with Crippen LogP contribution in [0, 0.1) is 0 Å². The molecule has 3 nitrogen and oxygen atoms in total. The van der Waals surface area contributed by atoms with E-state index in [0.717, 1.165) is 0 Å². The molecule has 0 amide bonds. The number of hydrogen-bond acceptors (Lipinski definition) is 2. The average Bonchev–Trinajstić information content (AvgIpc) is 2.04. The zero-order valence-electron chi connectivity index (χ0n) is 12.8. The standard InChI is InChI=1S/C4H8O3S.3BF4.Li.H/c1-2-3-4-8(5,6)7;3*2-1(3,4)5;;/h2-3H,4H2,1H3,(H,5,6,7);;;;;/q;3*-1;+1;-1. The van der Waals surface area contributed by atoms with Crippen LogP contribution in [0.5, 0.6) is 0 Å². The molecule has 0 heterocycles. The monoisotopic (exact) mass is 405 g/mol. The fourth-order valence-electron chi connectivity index (χ4n) is 0.218. The van der Waals surface area contributed by atoms with Crippen molar-refractivity contribution in [1.29, 1.82) is 0 Å². The molecule has 0 aromatic heterocycles. The van der Waals surface area contributed by atoms with Gasteiger partial charge in [-0.15, -0.1) is 0 Å². The van der Waals surface area contributed by atoms with Gasteiger partial charge in [-0.3, -0.25) is 4.55 Å². The molecule has 0 radical (unpaired) electrons. The van der Waals surface area contributed by atoms with Crippen LogP contribution in [0.3, 0.4) is 0 Å². The Kier molecular flexibility index (Phi) is 21.6. The van der Waals surface area contributed by atoms with Gasteiger partial charge in [-0.1, -0.05) is 12.2 Å². The average molecular weight is 405 g/mol. The molecule has 0 rings (SSSR count). The second kappa shape index (κ2) is 14.9. The van der Waals surface area contributed by atoms with Crippen LogP contribution in [-0.2, 0) is 10.1 Å². The van der Waals surface area contributed by atoms with Crippen LogP contribution in [0.1, 0.15) is 8.35 Å². The van der Waals surface area contributed by atoms with Crippen molar-refractivity contribution >= 4 is 31.9 Å². The maximum absolute atomic E-state index is 9.89. The maximum Gasteiger partial charge on any atom is 1.00 e. The number of rotatable bonds is 2. The quantitative estimate of drug-likeness (QED) is 0.328. The van der Waals surface area contributed by atoms with Crippen molar-refractivity contribution in [1.82, 2.24) is 0 Å². The van der Waals surface area contributed by atoms with E-state index in [1.807, 2.05) is 0 Å². The summed E-state index contributed by atoms with van der Waals surface area (Å²) < 4.78 is 145. The van der Waals surface area contributed by atoms with Crippen LogP contribution in [-0.4, -0.2) is 40.5 Å². The van der Waals surface area contributed by atoms with Gasteiger partial charge < -0.3 is 53.2 Å². The molecule has 1 N–H and O–H groups in total. The van der Waals surface area contributed by atoms with Crippen molar-refractivity contribution in [3.8, 4) is 0 Å². The molecular weight excluding hydrogens is 395 g/mol. The molecule has 146 valence electrons. The van der Waals surface area contributed by atoms with E-state index in [-0.39, 0.29) is 26.0 Å². The molecule has 20 heteroatoms. The second-order valence-electron chi connectivity index (χ2n) is 2.80. The summed E-state index contributed by atoms with van der Waals surface area (Å²) in [4.78, 5) is 0. The minimum atomic E-state index is -6.00. The van der Waals surface area contributed by atoms with Crippen molar-refractivity contribution in [3.63, 3.8) is 0 Å². The molecule has 24 heavy (non-hydrogen) atoms. The Labute approximate surface area is 142 Å². The third kappa shape index (κ3) is 433. The smallest absolute Gasteiger partial charge is 1.00 e. The molecular formula is C4H9B3F12LiO3S-3. The molecule has 0 fully saturated rings. The zero-order valence-corrected chi connectivity index (χ0v) is 12.6. The van der Waals surface area contributed by atoms with Crippen molar-refractivity contribution in [2.24, 2.45) is 0 Å². The Hall–Kier alpha value is -0.398. The molecule has 0 saturated carbocycles. The first kappa shape index (κ1) is 34.8. The molecule has 0 saturated heterocycles. The minimum Gasteiger partial charge on any atom is -1.00 e. The van der Waals surface area contributed by atoms with Crippen LogP contribution in [0.15, 0.2) is 12.2 Å². The zero-order chi connectivity index (χ0) is 20.1. The summed E-state index contributed by atoms with van der Waals surface area (Å²) in [5.74, 6) is -0.288. The topological polar surface area (TPSA) is 54.4 Å². The van der Waals surface area contributed by atoms with Gasteiger partial charge in [0.1, 0.15) is 0 Å². The first-order valence-electron chi connectivity index (χ1n) is 4.74. The van der Waals surface area contributed by atoms with Gasteiger partial charge >= 0.3 is 40.6 Å². The molecule has 0 unspecified atom stereocenters. The van der Waals surface area contributed by atoms with Gasteiger partial charge in [0.05, 0.1) is 5.75 Å². The molecule has 0 aliphatic heterocycles. The fourth-order valence-corrected chi connectivity index (χ4v) is 0.653. The van der Waals surface area contributed by atoms with Gasteiger partial charge in [0.2, 0.25) is 0 Å². The fraction of sp³-hybridized carbons (Fsp3) is 0.500. The summed E-state index contributed by atoms with van der Waals surface area (Å²) in [5, 5.41) is 0. The van der Waals surface area contributed by atoms with Crippen LogP contribution >= 0.6 is 0 Å². The van der Waals surface area contributed by atoms with Gasteiger partial charge in [-0.2, -0.15) is 8.42 Å². The van der Waals surface area contributed by atoms with E-state index in [1.165, 1.54) is 6.08 Å². The largest absolute Gasteiger partial charge is 1.00 e. The molecule has 0 aliphatic carbocycles. The Morgan fingerprint density at radius 2 is 0.958 bits per heavy atom. The molecule has 0 aliphatic rings. The van der Waals surface area contributed by atoms with Crippen molar-refractivity contribution in [2.75, 3.05) is 5.75 Å². The van der Waals surface area contributed by atoms with Crippen molar-refractivity contribution in [3.05, 3.63) is 12.2 Å².